The van der Waals surface area contributed by atoms with Crippen LogP contribution in [0.4, 0.5) is 11.4 Å². The quantitative estimate of drug-likeness (QED) is 0.107. The molecule has 216 valence electrons. The fourth-order valence-corrected chi connectivity index (χ4v) is 7.17. The van der Waals surface area contributed by atoms with Crippen LogP contribution in [0.5, 0.6) is 0 Å². The van der Waals surface area contributed by atoms with Crippen molar-refractivity contribution >= 4 is 63.7 Å². The normalized spacial score (nSPS) is 16.4. The highest BCUT2D eigenvalue weighted by Gasteiger charge is 2.42. The van der Waals surface area contributed by atoms with Crippen molar-refractivity contribution in [1.29, 1.82) is 0 Å². The van der Waals surface area contributed by atoms with Gasteiger partial charge in [0.25, 0.3) is 5.69 Å². The predicted octanol–water partition coefficient (Wildman–Crippen LogP) is 9.03. The molecule has 2 aromatic heterocycles. The number of rotatable bonds is 7. The molecule has 1 aliphatic heterocycles. The zero-order chi connectivity index (χ0) is 30.2. The summed E-state index contributed by atoms with van der Waals surface area (Å²) in [6.45, 7) is 4.15. The van der Waals surface area contributed by atoms with Crippen LogP contribution in [0.1, 0.15) is 34.7 Å². The van der Waals surface area contributed by atoms with E-state index in [9.17, 15) is 10.1 Å². The summed E-state index contributed by atoms with van der Waals surface area (Å²) >= 11 is 20.3. The van der Waals surface area contributed by atoms with Gasteiger partial charge in [0, 0.05) is 50.2 Å². The van der Waals surface area contributed by atoms with E-state index < -0.39 is 4.92 Å². The average Bonchev–Trinajstić information content (AvgIpc) is 3.49. The van der Waals surface area contributed by atoms with Crippen LogP contribution >= 0.6 is 47.2 Å². The van der Waals surface area contributed by atoms with Gasteiger partial charge in [-0.05, 0) is 104 Å². The van der Waals surface area contributed by atoms with E-state index in [0.717, 1.165) is 43.8 Å². The Bertz CT molecular complexity index is 1830. The Kier molecular flexibility index (Phi) is 8.15. The summed E-state index contributed by atoms with van der Waals surface area (Å²) in [5, 5.41) is 16.3. The fourth-order valence-electron chi connectivity index (χ4n) is 5.52. The fraction of sp³-hybridized carbons (Fsp3) is 0.125. The van der Waals surface area contributed by atoms with Crippen LogP contribution in [0, 0.1) is 24.0 Å². The van der Waals surface area contributed by atoms with Crippen LogP contribution in [-0.4, -0.2) is 19.6 Å². The van der Waals surface area contributed by atoms with Gasteiger partial charge in [-0.2, -0.15) is 0 Å². The van der Waals surface area contributed by atoms with Crippen molar-refractivity contribution in [2.24, 2.45) is 0 Å². The van der Waals surface area contributed by atoms with E-state index in [-0.39, 0.29) is 17.8 Å². The zero-order valence-electron chi connectivity index (χ0n) is 23.1. The van der Waals surface area contributed by atoms with Crippen molar-refractivity contribution in [1.82, 2.24) is 14.9 Å². The number of pyridine rings is 1. The Morgan fingerprint density at radius 2 is 1.65 bits per heavy atom. The van der Waals surface area contributed by atoms with E-state index in [4.69, 9.17) is 35.4 Å². The van der Waals surface area contributed by atoms with Crippen molar-refractivity contribution in [2.45, 2.75) is 35.7 Å². The second-order valence-electron chi connectivity index (χ2n) is 10.1. The summed E-state index contributed by atoms with van der Waals surface area (Å²) in [7, 11) is 0. The largest absolute Gasteiger partial charge is 0.351 e. The molecule has 1 N–H and O–H groups in total. The number of hydrogen-bond donors (Lipinski definition) is 1. The number of nitro benzene ring substituents is 1. The van der Waals surface area contributed by atoms with Crippen molar-refractivity contribution in [2.75, 3.05) is 4.90 Å². The van der Waals surface area contributed by atoms with E-state index in [1.165, 1.54) is 23.9 Å². The minimum atomic E-state index is -0.397. The first-order valence-electron chi connectivity index (χ1n) is 13.4. The maximum atomic E-state index is 11.0. The topological polar surface area (TPSA) is 76.2 Å². The molecule has 6 rings (SSSR count). The molecule has 1 aliphatic rings. The predicted molar refractivity (Wildman–Crippen MR) is 177 cm³/mol. The SMILES string of the molecule is Cc1cc([C@@H]2[C@H](c3ccccn3)NC(=S)N2c2ccc(Sc3ccc([N+](=O)[O-])cc3)cc2)c(C)n1-c1ccc(Cl)cc1Cl. The van der Waals surface area contributed by atoms with E-state index in [1.807, 2.05) is 54.6 Å². The number of non-ortho nitro benzene ring substituents is 1. The lowest BCUT2D eigenvalue weighted by Gasteiger charge is -2.28. The van der Waals surface area contributed by atoms with Gasteiger partial charge in [0.15, 0.2) is 5.11 Å². The third-order valence-corrected chi connectivity index (χ3v) is 9.30. The lowest BCUT2D eigenvalue weighted by Crippen LogP contribution is -2.29. The van der Waals surface area contributed by atoms with Gasteiger partial charge in [-0.15, -0.1) is 0 Å². The first-order valence-corrected chi connectivity index (χ1v) is 15.4. The minimum Gasteiger partial charge on any atom is -0.351 e. The molecule has 11 heteroatoms. The van der Waals surface area contributed by atoms with Gasteiger partial charge in [-0.1, -0.05) is 41.0 Å². The molecule has 0 bridgehead atoms. The monoisotopic (exact) mass is 645 g/mol. The van der Waals surface area contributed by atoms with E-state index in [1.54, 1.807) is 24.4 Å². The van der Waals surface area contributed by atoms with Gasteiger partial charge >= 0.3 is 0 Å². The van der Waals surface area contributed by atoms with Crippen LogP contribution in [-0.2, 0) is 0 Å². The number of nitrogens with one attached hydrogen (secondary N) is 1. The molecule has 0 radical (unpaired) electrons. The van der Waals surface area contributed by atoms with Gasteiger partial charge in [-0.25, -0.2) is 0 Å². The number of anilines is 1. The highest BCUT2D eigenvalue weighted by Crippen LogP contribution is 2.44. The average molecular weight is 647 g/mol. The van der Waals surface area contributed by atoms with Crippen LogP contribution < -0.4 is 10.2 Å². The van der Waals surface area contributed by atoms with E-state index in [0.29, 0.717) is 15.2 Å². The third kappa shape index (κ3) is 5.73. The molecule has 0 aliphatic carbocycles. The molecule has 3 heterocycles. The summed E-state index contributed by atoms with van der Waals surface area (Å²) in [4.78, 5) is 19.4. The Hall–Kier alpha value is -3.89. The van der Waals surface area contributed by atoms with Crippen molar-refractivity contribution < 1.29 is 4.92 Å². The molecule has 5 aromatic rings. The maximum Gasteiger partial charge on any atom is 0.269 e. The third-order valence-electron chi connectivity index (χ3n) is 7.44. The molecular formula is C32H25Cl2N5O2S2. The molecule has 0 spiro atoms. The summed E-state index contributed by atoms with van der Waals surface area (Å²) < 4.78 is 2.15. The highest BCUT2D eigenvalue weighted by atomic mass is 35.5. The number of benzene rings is 3. The number of halogens is 2. The minimum absolute atomic E-state index is 0.0703. The number of nitro groups is 1. The Labute approximate surface area is 268 Å². The second kappa shape index (κ2) is 12.0. The lowest BCUT2D eigenvalue weighted by molar-refractivity contribution is -0.384. The first kappa shape index (κ1) is 29.2. The summed E-state index contributed by atoms with van der Waals surface area (Å²) in [5.74, 6) is 0. The Balaban J connectivity index is 1.38. The molecule has 0 saturated carbocycles. The number of nitrogens with zero attached hydrogens (tertiary/aromatic N) is 4. The second-order valence-corrected chi connectivity index (χ2v) is 12.5. The van der Waals surface area contributed by atoms with Crippen LogP contribution in [0.25, 0.3) is 5.69 Å². The van der Waals surface area contributed by atoms with Gasteiger partial charge < -0.3 is 14.8 Å². The van der Waals surface area contributed by atoms with Crippen LogP contribution in [0.2, 0.25) is 10.0 Å². The molecule has 0 unspecified atom stereocenters. The summed E-state index contributed by atoms with van der Waals surface area (Å²) in [5.41, 5.74) is 5.91. The van der Waals surface area contributed by atoms with Crippen LogP contribution in [0.15, 0.2) is 107 Å². The molecule has 3 aromatic carbocycles. The van der Waals surface area contributed by atoms with Crippen molar-refractivity contribution in [3.05, 3.63) is 140 Å². The molecule has 1 saturated heterocycles. The standard InChI is InChI=1S/C32H25Cl2N5O2S2/c1-19-17-26(20(2)37(19)29-15-6-21(33)18-27(29)34)31-30(28-5-3-4-16-35-28)36-32(42)38(31)22-7-11-24(12-8-22)43-25-13-9-23(10-14-25)39(40)41/h3-18,30-31H,1-2H3,(H,36,42)/t30-,31+/m0/s1. The number of hydrogen-bond acceptors (Lipinski definition) is 5. The smallest absolute Gasteiger partial charge is 0.269 e. The van der Waals surface area contributed by atoms with Gasteiger partial charge in [0.05, 0.1) is 33.4 Å². The zero-order valence-corrected chi connectivity index (χ0v) is 26.2. The summed E-state index contributed by atoms with van der Waals surface area (Å²) in [6.07, 6.45) is 1.79. The number of thiocarbonyl (C=S) groups is 1. The van der Waals surface area contributed by atoms with E-state index >= 15 is 0 Å². The summed E-state index contributed by atoms with van der Waals surface area (Å²) in [6, 6.07) is 27.9. The van der Waals surface area contributed by atoms with Gasteiger partial charge in [0.1, 0.15) is 0 Å². The lowest BCUT2D eigenvalue weighted by atomic mass is 9.96. The van der Waals surface area contributed by atoms with Gasteiger partial charge in [0.2, 0.25) is 0 Å². The molecule has 1 fully saturated rings. The number of aromatic nitrogens is 2. The molecule has 7 nitrogen and oxygen atoms in total. The van der Waals surface area contributed by atoms with Gasteiger partial charge in [-0.3, -0.25) is 15.1 Å². The Morgan fingerprint density at radius 1 is 0.953 bits per heavy atom. The molecular weight excluding hydrogens is 621 g/mol. The first-order chi connectivity index (χ1) is 20.7. The van der Waals surface area contributed by atoms with Crippen molar-refractivity contribution in [3.63, 3.8) is 0 Å². The maximum absolute atomic E-state index is 11.0. The highest BCUT2D eigenvalue weighted by molar-refractivity contribution is 7.99. The molecule has 43 heavy (non-hydrogen) atoms. The number of aryl methyl sites for hydroxylation is 1. The van der Waals surface area contributed by atoms with Crippen LogP contribution in [0.3, 0.4) is 0 Å². The molecule has 0 amide bonds. The van der Waals surface area contributed by atoms with Crippen molar-refractivity contribution in [3.8, 4) is 5.69 Å². The van der Waals surface area contributed by atoms with E-state index in [2.05, 4.69) is 39.7 Å². The Morgan fingerprint density at radius 3 is 2.28 bits per heavy atom. The molecule has 2 atom stereocenters.